The zero-order valence-electron chi connectivity index (χ0n) is 9.75. The van der Waals surface area contributed by atoms with Gasteiger partial charge in [0.1, 0.15) is 12.4 Å². The topological polar surface area (TPSA) is 68.9 Å². The molecular weight excluding hydrogens is 236 g/mol. The summed E-state index contributed by atoms with van der Waals surface area (Å²) >= 11 is 0. The molecule has 1 heterocycles. The molecule has 0 unspecified atom stereocenters. The summed E-state index contributed by atoms with van der Waals surface area (Å²) in [6.45, 7) is 0.215. The third-order valence-corrected chi connectivity index (χ3v) is 2.36. The van der Waals surface area contributed by atoms with Crippen molar-refractivity contribution in [1.82, 2.24) is 0 Å². The van der Waals surface area contributed by atoms with Gasteiger partial charge in [0.15, 0.2) is 11.5 Å². The van der Waals surface area contributed by atoms with Crippen LogP contribution in [0, 0.1) is 0 Å². The molecule has 2 aromatic rings. The summed E-state index contributed by atoms with van der Waals surface area (Å²) in [4.78, 5) is 10.9. The second-order valence-electron chi connectivity index (χ2n) is 3.54. The van der Waals surface area contributed by atoms with E-state index in [9.17, 15) is 4.79 Å². The molecule has 0 fully saturated rings. The van der Waals surface area contributed by atoms with Gasteiger partial charge in [-0.2, -0.15) is 0 Å². The molecule has 0 radical (unpaired) electrons. The van der Waals surface area contributed by atoms with E-state index in [1.165, 1.54) is 19.2 Å². The molecule has 2 rings (SSSR count). The van der Waals surface area contributed by atoms with Crippen LogP contribution in [0.5, 0.6) is 11.5 Å². The predicted octanol–water partition coefficient (Wildman–Crippen LogP) is 2.57. The molecule has 0 aliphatic heterocycles. The lowest BCUT2D eigenvalue weighted by Crippen LogP contribution is -2.00. The van der Waals surface area contributed by atoms with E-state index in [1.807, 2.05) is 0 Å². The lowest BCUT2D eigenvalue weighted by atomic mass is 10.2. The van der Waals surface area contributed by atoms with E-state index in [0.717, 1.165) is 0 Å². The normalized spacial score (nSPS) is 10.1. The first-order valence-corrected chi connectivity index (χ1v) is 5.27. The molecule has 94 valence electrons. The van der Waals surface area contributed by atoms with Gasteiger partial charge in [0.2, 0.25) is 0 Å². The van der Waals surface area contributed by atoms with Crippen molar-refractivity contribution < 1.29 is 23.8 Å². The molecule has 1 N–H and O–H groups in total. The third-order valence-electron chi connectivity index (χ3n) is 2.36. The molecule has 0 saturated carbocycles. The molecule has 0 aliphatic carbocycles. The summed E-state index contributed by atoms with van der Waals surface area (Å²) in [5, 5.41) is 8.91. The molecule has 1 aromatic carbocycles. The first-order valence-electron chi connectivity index (χ1n) is 5.27. The molecule has 0 bridgehead atoms. The van der Waals surface area contributed by atoms with Crippen LogP contribution in [0.1, 0.15) is 16.1 Å². The number of aromatic carboxylic acids is 1. The quantitative estimate of drug-likeness (QED) is 0.880. The van der Waals surface area contributed by atoms with Crippen LogP contribution in [0.2, 0.25) is 0 Å². The monoisotopic (exact) mass is 248 g/mol. The summed E-state index contributed by atoms with van der Waals surface area (Å²) in [5.41, 5.74) is 0.144. The predicted molar refractivity (Wildman–Crippen MR) is 63.0 cm³/mol. The largest absolute Gasteiger partial charge is 0.493 e. The average molecular weight is 248 g/mol. The summed E-state index contributed by atoms with van der Waals surface area (Å²) in [7, 11) is 1.50. The number of methoxy groups -OCH3 is 1. The van der Waals surface area contributed by atoms with E-state index in [4.69, 9.17) is 19.0 Å². The minimum absolute atomic E-state index is 0.144. The van der Waals surface area contributed by atoms with Crippen molar-refractivity contribution in [1.29, 1.82) is 0 Å². The van der Waals surface area contributed by atoms with Crippen LogP contribution in [-0.4, -0.2) is 18.2 Å². The highest BCUT2D eigenvalue weighted by molar-refractivity contribution is 5.88. The average Bonchev–Trinajstić information content (AvgIpc) is 2.89. The van der Waals surface area contributed by atoms with Crippen molar-refractivity contribution in [3.63, 3.8) is 0 Å². The summed E-state index contributed by atoms with van der Waals surface area (Å²) in [6, 6.07) is 7.96. The van der Waals surface area contributed by atoms with Crippen LogP contribution in [0.25, 0.3) is 0 Å². The lowest BCUT2D eigenvalue weighted by molar-refractivity contribution is 0.0696. The van der Waals surface area contributed by atoms with Gasteiger partial charge < -0.3 is 19.0 Å². The highest BCUT2D eigenvalue weighted by Crippen LogP contribution is 2.28. The molecule has 0 saturated heterocycles. The van der Waals surface area contributed by atoms with Crippen LogP contribution >= 0.6 is 0 Å². The van der Waals surface area contributed by atoms with E-state index in [1.54, 1.807) is 24.5 Å². The second kappa shape index (κ2) is 5.27. The van der Waals surface area contributed by atoms with Crippen LogP contribution < -0.4 is 9.47 Å². The van der Waals surface area contributed by atoms with E-state index in [-0.39, 0.29) is 12.2 Å². The molecular formula is C13H12O5. The van der Waals surface area contributed by atoms with Crippen molar-refractivity contribution in [3.8, 4) is 11.5 Å². The second-order valence-corrected chi connectivity index (χ2v) is 3.54. The van der Waals surface area contributed by atoms with E-state index in [2.05, 4.69) is 0 Å². The van der Waals surface area contributed by atoms with Crippen LogP contribution in [-0.2, 0) is 6.61 Å². The van der Waals surface area contributed by atoms with Gasteiger partial charge in [0.05, 0.1) is 18.9 Å². The Kier molecular flexibility index (Phi) is 3.52. The Labute approximate surface area is 104 Å². The third kappa shape index (κ3) is 2.63. The fourth-order valence-corrected chi connectivity index (χ4v) is 1.47. The molecule has 18 heavy (non-hydrogen) atoms. The molecule has 1 aromatic heterocycles. The number of hydrogen-bond acceptors (Lipinski definition) is 4. The van der Waals surface area contributed by atoms with Crippen LogP contribution in [0.15, 0.2) is 41.0 Å². The van der Waals surface area contributed by atoms with Gasteiger partial charge >= 0.3 is 5.97 Å². The zero-order chi connectivity index (χ0) is 13.0. The van der Waals surface area contributed by atoms with Gasteiger partial charge in [0.25, 0.3) is 0 Å². The molecule has 0 atom stereocenters. The summed E-state index contributed by atoms with van der Waals surface area (Å²) < 4.78 is 15.7. The number of ether oxygens (including phenoxy) is 2. The lowest BCUT2D eigenvalue weighted by Gasteiger charge is -2.10. The number of furan rings is 1. The Hall–Kier alpha value is -2.43. The zero-order valence-corrected chi connectivity index (χ0v) is 9.75. The van der Waals surface area contributed by atoms with Gasteiger partial charge in [-0.05, 0) is 30.3 Å². The van der Waals surface area contributed by atoms with Crippen LogP contribution in [0.4, 0.5) is 0 Å². The van der Waals surface area contributed by atoms with E-state index < -0.39 is 5.97 Å². The van der Waals surface area contributed by atoms with Crippen molar-refractivity contribution in [2.75, 3.05) is 7.11 Å². The first kappa shape index (κ1) is 12.0. The van der Waals surface area contributed by atoms with Crippen molar-refractivity contribution in [3.05, 3.63) is 47.9 Å². The van der Waals surface area contributed by atoms with Gasteiger partial charge in [-0.15, -0.1) is 0 Å². The Morgan fingerprint density at radius 1 is 1.33 bits per heavy atom. The first-order chi connectivity index (χ1) is 8.70. The van der Waals surface area contributed by atoms with E-state index >= 15 is 0 Å². The minimum atomic E-state index is -1.01. The van der Waals surface area contributed by atoms with Crippen molar-refractivity contribution in [2.45, 2.75) is 6.61 Å². The van der Waals surface area contributed by atoms with E-state index in [0.29, 0.717) is 17.3 Å². The molecule has 0 spiro atoms. The SMILES string of the molecule is COc1ccc(C(=O)O)cc1OCc1ccco1. The fraction of sp³-hybridized carbons (Fsp3) is 0.154. The number of carbonyl (C=O) groups is 1. The summed E-state index contributed by atoms with van der Waals surface area (Å²) in [5.74, 6) is 0.485. The highest BCUT2D eigenvalue weighted by Gasteiger charge is 2.10. The Morgan fingerprint density at radius 2 is 2.17 bits per heavy atom. The summed E-state index contributed by atoms with van der Waals surface area (Å²) in [6.07, 6.45) is 1.55. The maximum Gasteiger partial charge on any atom is 0.335 e. The molecule has 0 amide bonds. The Balaban J connectivity index is 2.18. The number of benzene rings is 1. The Morgan fingerprint density at radius 3 is 2.78 bits per heavy atom. The van der Waals surface area contributed by atoms with Gasteiger partial charge in [-0.25, -0.2) is 4.79 Å². The van der Waals surface area contributed by atoms with Crippen LogP contribution in [0.3, 0.4) is 0 Å². The number of carboxylic acids is 1. The maximum atomic E-state index is 10.9. The van der Waals surface area contributed by atoms with Gasteiger partial charge in [-0.3, -0.25) is 0 Å². The number of carboxylic acid groups (broad SMARTS) is 1. The van der Waals surface area contributed by atoms with Crippen molar-refractivity contribution in [2.24, 2.45) is 0 Å². The molecule has 0 aliphatic rings. The van der Waals surface area contributed by atoms with Gasteiger partial charge in [0, 0.05) is 0 Å². The number of hydrogen-bond donors (Lipinski definition) is 1. The molecule has 5 nitrogen and oxygen atoms in total. The maximum absolute atomic E-state index is 10.9. The highest BCUT2D eigenvalue weighted by atomic mass is 16.5. The molecule has 5 heteroatoms. The Bertz CT molecular complexity index is 530. The van der Waals surface area contributed by atoms with Crippen molar-refractivity contribution >= 4 is 5.97 Å². The number of rotatable bonds is 5. The minimum Gasteiger partial charge on any atom is -0.493 e. The van der Waals surface area contributed by atoms with Gasteiger partial charge in [-0.1, -0.05) is 0 Å². The standard InChI is InChI=1S/C13H12O5/c1-16-11-5-4-9(13(14)15)7-12(11)18-8-10-3-2-6-17-10/h2-7H,8H2,1H3,(H,14,15). The smallest absolute Gasteiger partial charge is 0.335 e. The fourth-order valence-electron chi connectivity index (χ4n) is 1.47.